The molecule has 1 aromatic heterocycles. The number of hydrogen-bond acceptors (Lipinski definition) is 3. The van der Waals surface area contributed by atoms with Gasteiger partial charge in [0.2, 0.25) is 0 Å². The van der Waals surface area contributed by atoms with Gasteiger partial charge in [0.05, 0.1) is 18.2 Å². The lowest BCUT2D eigenvalue weighted by atomic mass is 10.2. The summed E-state index contributed by atoms with van der Waals surface area (Å²) in [4.78, 5) is 18.3. The van der Waals surface area contributed by atoms with E-state index >= 15 is 0 Å². The van der Waals surface area contributed by atoms with Gasteiger partial charge >= 0.3 is 0 Å². The first kappa shape index (κ1) is 11.2. The van der Waals surface area contributed by atoms with Gasteiger partial charge in [-0.05, 0) is 6.92 Å². The summed E-state index contributed by atoms with van der Waals surface area (Å²) in [5.74, 6) is -2.61. The van der Waals surface area contributed by atoms with Crippen molar-refractivity contribution in [3.05, 3.63) is 29.6 Å². The normalized spacial score (nSPS) is 11.3. The first-order valence-corrected chi connectivity index (χ1v) is 4.10. The Morgan fingerprint density at radius 3 is 2.40 bits per heavy atom. The molecule has 80 valence electrons. The van der Waals surface area contributed by atoms with Gasteiger partial charge in [-0.15, -0.1) is 0 Å². The second-order valence-electron chi connectivity index (χ2n) is 2.74. The lowest BCUT2D eigenvalue weighted by Crippen LogP contribution is -2.30. The van der Waals surface area contributed by atoms with E-state index < -0.39 is 23.1 Å². The van der Waals surface area contributed by atoms with Crippen molar-refractivity contribution in [3.63, 3.8) is 0 Å². The van der Waals surface area contributed by atoms with Gasteiger partial charge in [-0.1, -0.05) is 0 Å². The third-order valence-electron chi connectivity index (χ3n) is 1.71. The minimum absolute atomic E-state index is 0.274. The molecule has 6 heteroatoms. The molecule has 1 amide bonds. The summed E-state index contributed by atoms with van der Waals surface area (Å²) in [6, 6.07) is 0. The number of pyridine rings is 1. The highest BCUT2D eigenvalue weighted by Crippen LogP contribution is 2.09. The van der Waals surface area contributed by atoms with E-state index in [0.717, 1.165) is 12.4 Å². The number of carbonyl (C=O) groups is 1. The fraction of sp³-hybridized carbons (Fsp3) is 0.222. The lowest BCUT2D eigenvalue weighted by Gasteiger charge is -2.05. The topological polar surface area (TPSA) is 54.4 Å². The number of rotatable bonds is 1. The van der Waals surface area contributed by atoms with Gasteiger partial charge < -0.3 is 5.32 Å². The molecule has 1 aromatic rings. The molecule has 0 saturated carbocycles. The molecular weight excluding hydrogens is 204 g/mol. The number of amidine groups is 1. The number of nitrogens with zero attached hydrogens (tertiary/aromatic N) is 2. The molecule has 0 unspecified atom stereocenters. The summed E-state index contributed by atoms with van der Waals surface area (Å²) >= 11 is 0. The van der Waals surface area contributed by atoms with Crippen molar-refractivity contribution in [2.75, 3.05) is 7.05 Å². The van der Waals surface area contributed by atoms with E-state index in [2.05, 4.69) is 15.3 Å². The van der Waals surface area contributed by atoms with Crippen molar-refractivity contribution >= 4 is 11.7 Å². The third-order valence-corrected chi connectivity index (χ3v) is 1.71. The monoisotopic (exact) mass is 213 g/mol. The van der Waals surface area contributed by atoms with Crippen LogP contribution in [0.1, 0.15) is 17.3 Å². The Bertz CT molecular complexity index is 398. The highest BCUT2D eigenvalue weighted by atomic mass is 19.1. The second-order valence-corrected chi connectivity index (χ2v) is 2.74. The molecular formula is C9H9F2N3O. The fourth-order valence-electron chi connectivity index (χ4n) is 0.911. The molecule has 15 heavy (non-hydrogen) atoms. The van der Waals surface area contributed by atoms with Crippen LogP contribution in [0.15, 0.2) is 17.4 Å². The highest BCUT2D eigenvalue weighted by molar-refractivity contribution is 6.05. The molecule has 4 nitrogen and oxygen atoms in total. The number of carbonyl (C=O) groups excluding carboxylic acids is 1. The summed E-state index contributed by atoms with van der Waals surface area (Å²) in [6.07, 6.45) is 1.55. The zero-order valence-corrected chi connectivity index (χ0v) is 8.21. The fourth-order valence-corrected chi connectivity index (χ4v) is 0.911. The predicted octanol–water partition coefficient (Wildman–Crippen LogP) is 1.14. The number of amides is 1. The van der Waals surface area contributed by atoms with Crippen molar-refractivity contribution < 1.29 is 13.6 Å². The molecule has 0 aliphatic heterocycles. The zero-order valence-electron chi connectivity index (χ0n) is 8.21. The van der Waals surface area contributed by atoms with E-state index in [0.29, 0.717) is 0 Å². The van der Waals surface area contributed by atoms with E-state index in [1.165, 1.54) is 14.0 Å². The van der Waals surface area contributed by atoms with Crippen LogP contribution in [0.4, 0.5) is 8.78 Å². The molecule has 0 aliphatic carbocycles. The molecule has 0 radical (unpaired) electrons. The lowest BCUT2D eigenvalue weighted by molar-refractivity contribution is 0.0968. The van der Waals surface area contributed by atoms with Gasteiger partial charge in [-0.2, -0.15) is 0 Å². The van der Waals surface area contributed by atoms with Crippen LogP contribution in [0.25, 0.3) is 0 Å². The largest absolute Gasteiger partial charge is 0.310 e. The quantitative estimate of drug-likeness (QED) is 0.561. The maximum atomic E-state index is 13.1. The summed E-state index contributed by atoms with van der Waals surface area (Å²) < 4.78 is 26.1. The molecule has 1 heterocycles. The average molecular weight is 213 g/mol. The van der Waals surface area contributed by atoms with Crippen molar-refractivity contribution in [2.24, 2.45) is 4.99 Å². The Morgan fingerprint density at radius 2 is 1.93 bits per heavy atom. The Balaban J connectivity index is 3.01. The van der Waals surface area contributed by atoms with Gasteiger partial charge in [0.1, 0.15) is 5.56 Å². The summed E-state index contributed by atoms with van der Waals surface area (Å²) in [7, 11) is 1.45. The Hall–Kier alpha value is -1.85. The van der Waals surface area contributed by atoms with Crippen LogP contribution in [0, 0.1) is 11.6 Å². The SMILES string of the molecule is CN=C(C)NC(=O)c1c(F)cncc1F. The predicted molar refractivity (Wildman–Crippen MR) is 50.7 cm³/mol. The van der Waals surface area contributed by atoms with E-state index in [4.69, 9.17) is 0 Å². The molecule has 0 aromatic carbocycles. The van der Waals surface area contributed by atoms with Crippen LogP contribution in [0.5, 0.6) is 0 Å². The van der Waals surface area contributed by atoms with Crippen LogP contribution in [0.3, 0.4) is 0 Å². The summed E-state index contributed by atoms with van der Waals surface area (Å²) in [6.45, 7) is 1.51. The summed E-state index contributed by atoms with van der Waals surface area (Å²) in [5.41, 5.74) is -0.659. The van der Waals surface area contributed by atoms with Crippen LogP contribution < -0.4 is 5.32 Å². The van der Waals surface area contributed by atoms with Crippen molar-refractivity contribution in [1.29, 1.82) is 0 Å². The second kappa shape index (κ2) is 4.59. The molecule has 0 spiro atoms. The Labute approximate surface area is 85.0 Å². The number of aliphatic imine (C=N–C) groups is 1. The minimum atomic E-state index is -1.00. The first-order valence-electron chi connectivity index (χ1n) is 4.10. The van der Waals surface area contributed by atoms with Crippen molar-refractivity contribution in [2.45, 2.75) is 6.92 Å². The van der Waals surface area contributed by atoms with Gasteiger partial charge in [0, 0.05) is 7.05 Å². The number of nitrogens with one attached hydrogen (secondary N) is 1. The highest BCUT2D eigenvalue weighted by Gasteiger charge is 2.17. The molecule has 1 rings (SSSR count). The van der Waals surface area contributed by atoms with Gasteiger partial charge in [-0.25, -0.2) is 8.78 Å². The summed E-state index contributed by atoms with van der Waals surface area (Å²) in [5, 5.41) is 2.23. The minimum Gasteiger partial charge on any atom is -0.310 e. The average Bonchev–Trinajstić information content (AvgIpc) is 2.17. The van der Waals surface area contributed by atoms with Crippen LogP contribution in [0.2, 0.25) is 0 Å². The molecule has 1 N–H and O–H groups in total. The van der Waals surface area contributed by atoms with E-state index in [1.54, 1.807) is 0 Å². The van der Waals surface area contributed by atoms with E-state index in [1.807, 2.05) is 0 Å². The molecule has 0 aliphatic rings. The van der Waals surface area contributed by atoms with Crippen LogP contribution in [-0.2, 0) is 0 Å². The number of hydrogen-bond donors (Lipinski definition) is 1. The van der Waals surface area contributed by atoms with Gasteiger partial charge in [0.15, 0.2) is 11.6 Å². The first-order chi connectivity index (χ1) is 7.06. The standard InChI is InChI=1S/C9H9F2N3O/c1-5(12-2)14-9(15)8-6(10)3-13-4-7(8)11/h3-4H,1-2H3,(H,12,14,15). The Morgan fingerprint density at radius 1 is 1.40 bits per heavy atom. The third kappa shape index (κ3) is 2.55. The number of halogens is 2. The van der Waals surface area contributed by atoms with Gasteiger partial charge in [0.25, 0.3) is 5.91 Å². The molecule has 0 fully saturated rings. The maximum absolute atomic E-state index is 13.1. The maximum Gasteiger partial charge on any atom is 0.262 e. The van der Waals surface area contributed by atoms with Crippen molar-refractivity contribution in [3.8, 4) is 0 Å². The zero-order chi connectivity index (χ0) is 11.4. The van der Waals surface area contributed by atoms with Crippen molar-refractivity contribution in [1.82, 2.24) is 10.3 Å². The number of aromatic nitrogens is 1. The van der Waals surface area contributed by atoms with E-state index in [-0.39, 0.29) is 5.84 Å². The van der Waals surface area contributed by atoms with E-state index in [9.17, 15) is 13.6 Å². The molecule has 0 atom stereocenters. The Kier molecular flexibility index (Phi) is 3.43. The van der Waals surface area contributed by atoms with Gasteiger partial charge in [-0.3, -0.25) is 14.8 Å². The molecule has 0 saturated heterocycles. The van der Waals surface area contributed by atoms with Crippen LogP contribution >= 0.6 is 0 Å². The smallest absolute Gasteiger partial charge is 0.262 e. The molecule has 0 bridgehead atoms. The van der Waals surface area contributed by atoms with Crippen LogP contribution in [-0.4, -0.2) is 23.8 Å².